The van der Waals surface area contributed by atoms with E-state index in [-0.39, 0.29) is 0 Å². The number of fused-ring (bicyclic) bond motifs is 4. The van der Waals surface area contributed by atoms with Crippen LogP contribution in [0.15, 0.2) is 110 Å². The van der Waals surface area contributed by atoms with Crippen molar-refractivity contribution in [1.29, 1.82) is 0 Å². The Morgan fingerprint density at radius 2 is 1.78 bits per heavy atom. The minimum Gasteiger partial charge on any atom is -0.465 e. The zero-order valence-electron chi connectivity index (χ0n) is 24.5. The van der Waals surface area contributed by atoms with Gasteiger partial charge in [0.25, 0.3) is 0 Å². The Labute approximate surface area is 264 Å². The third-order valence-electron chi connectivity index (χ3n) is 7.82. The van der Waals surface area contributed by atoms with Gasteiger partial charge in [-0.1, -0.05) is 60.1 Å². The fourth-order valence-corrected chi connectivity index (χ4v) is 5.85. The van der Waals surface area contributed by atoms with Crippen molar-refractivity contribution in [3.8, 4) is 11.1 Å². The summed E-state index contributed by atoms with van der Waals surface area (Å²) in [6.45, 7) is 1.89. The highest BCUT2D eigenvalue weighted by molar-refractivity contribution is 6.33. The number of halogens is 1. The highest BCUT2D eigenvalue weighted by Gasteiger charge is 2.12. The third-order valence-corrected chi connectivity index (χ3v) is 8.13. The summed E-state index contributed by atoms with van der Waals surface area (Å²) >= 11 is 6.62. The number of aromatic nitrogens is 4. The van der Waals surface area contributed by atoms with Crippen LogP contribution in [0.3, 0.4) is 0 Å². The highest BCUT2D eigenvalue weighted by atomic mass is 35.5. The first-order valence-electron chi connectivity index (χ1n) is 14.6. The topological polar surface area (TPSA) is 94.0 Å². The lowest BCUT2D eigenvalue weighted by molar-refractivity contribution is 0.0601. The van der Waals surface area contributed by atoms with E-state index in [0.29, 0.717) is 30.7 Å². The van der Waals surface area contributed by atoms with Crippen molar-refractivity contribution >= 4 is 61.7 Å². The Morgan fingerprint density at radius 1 is 0.889 bits per heavy atom. The molecular formula is C36H29ClN6O2. The Balaban J connectivity index is 1.03. The fourth-order valence-electron chi connectivity index (χ4n) is 5.54. The van der Waals surface area contributed by atoms with Crippen LogP contribution >= 0.6 is 11.6 Å². The molecule has 0 fully saturated rings. The molecule has 0 bridgehead atoms. The number of carbonyl (C=O) groups excluding carboxylic acids is 1. The molecule has 0 saturated carbocycles. The molecule has 0 spiro atoms. The fraction of sp³-hybridized carbons (Fsp3) is 0.111. The summed E-state index contributed by atoms with van der Waals surface area (Å²) in [4.78, 5) is 21.3. The van der Waals surface area contributed by atoms with Crippen molar-refractivity contribution < 1.29 is 9.53 Å². The van der Waals surface area contributed by atoms with E-state index in [2.05, 4.69) is 45.9 Å². The lowest BCUT2D eigenvalue weighted by Gasteiger charge is -2.12. The molecule has 7 aromatic rings. The average molecular weight is 613 g/mol. The van der Waals surface area contributed by atoms with E-state index in [1.54, 1.807) is 18.3 Å². The van der Waals surface area contributed by atoms with Crippen molar-refractivity contribution in [3.05, 3.63) is 126 Å². The molecule has 0 aliphatic heterocycles. The second-order valence-corrected chi connectivity index (χ2v) is 11.1. The van der Waals surface area contributed by atoms with Crippen LogP contribution in [0.2, 0.25) is 5.02 Å². The van der Waals surface area contributed by atoms with Gasteiger partial charge in [0.15, 0.2) is 0 Å². The van der Waals surface area contributed by atoms with Crippen LogP contribution in [0.4, 0.5) is 11.5 Å². The number of hydrogen-bond donors (Lipinski definition) is 2. The Hall–Kier alpha value is -5.47. The highest BCUT2D eigenvalue weighted by Crippen LogP contribution is 2.30. The van der Waals surface area contributed by atoms with Gasteiger partial charge in [-0.2, -0.15) is 5.10 Å². The molecule has 0 amide bonds. The maximum absolute atomic E-state index is 12.1. The second kappa shape index (κ2) is 12.3. The van der Waals surface area contributed by atoms with Gasteiger partial charge >= 0.3 is 5.97 Å². The van der Waals surface area contributed by atoms with Crippen molar-refractivity contribution in [2.24, 2.45) is 0 Å². The van der Waals surface area contributed by atoms with Crippen LogP contribution in [0, 0.1) is 0 Å². The SMILES string of the molecule is COC(=O)c1ccc2c(c1)nc(NCCn1cc3cc(NCc4ccc(-c5ccccc5)c(Cl)c4)ccc3n1)c1ccncc12. The molecule has 3 aromatic heterocycles. The van der Waals surface area contributed by atoms with Gasteiger partial charge in [-0.25, -0.2) is 9.78 Å². The number of anilines is 2. The van der Waals surface area contributed by atoms with E-state index >= 15 is 0 Å². The predicted molar refractivity (Wildman–Crippen MR) is 181 cm³/mol. The molecule has 45 heavy (non-hydrogen) atoms. The number of methoxy groups -OCH3 is 1. The molecule has 0 saturated heterocycles. The smallest absolute Gasteiger partial charge is 0.337 e. The van der Waals surface area contributed by atoms with Gasteiger partial charge < -0.3 is 15.4 Å². The molecule has 2 N–H and O–H groups in total. The van der Waals surface area contributed by atoms with Gasteiger partial charge in [-0.15, -0.1) is 0 Å². The minimum atomic E-state index is -0.398. The zero-order chi connectivity index (χ0) is 30.8. The maximum atomic E-state index is 12.1. The van der Waals surface area contributed by atoms with Gasteiger partial charge in [0.1, 0.15) is 5.82 Å². The first-order chi connectivity index (χ1) is 22.1. The quantitative estimate of drug-likeness (QED) is 0.126. The summed E-state index contributed by atoms with van der Waals surface area (Å²) in [6.07, 6.45) is 5.62. The summed E-state index contributed by atoms with van der Waals surface area (Å²) in [5.41, 5.74) is 6.32. The van der Waals surface area contributed by atoms with Crippen molar-refractivity contribution in [2.75, 3.05) is 24.3 Å². The average Bonchev–Trinajstić information content (AvgIpc) is 3.49. The van der Waals surface area contributed by atoms with Gasteiger partial charge in [-0.05, 0) is 53.6 Å². The molecule has 0 unspecified atom stereocenters. The van der Waals surface area contributed by atoms with Crippen molar-refractivity contribution in [2.45, 2.75) is 13.1 Å². The number of ether oxygens (including phenoxy) is 1. The second-order valence-electron chi connectivity index (χ2n) is 10.7. The first kappa shape index (κ1) is 28.3. The molecule has 8 nitrogen and oxygen atoms in total. The van der Waals surface area contributed by atoms with Crippen LogP contribution in [-0.2, 0) is 17.8 Å². The maximum Gasteiger partial charge on any atom is 0.337 e. The number of hydrogen-bond acceptors (Lipinski definition) is 7. The number of carbonyl (C=O) groups is 1. The van der Waals surface area contributed by atoms with E-state index in [1.165, 1.54) is 7.11 Å². The first-order valence-corrected chi connectivity index (χ1v) is 15.0. The summed E-state index contributed by atoms with van der Waals surface area (Å²) in [5, 5.41) is 16.4. The molecular weight excluding hydrogens is 584 g/mol. The van der Waals surface area contributed by atoms with Gasteiger partial charge in [0.2, 0.25) is 0 Å². The number of nitrogens with one attached hydrogen (secondary N) is 2. The minimum absolute atomic E-state index is 0.398. The Kier molecular flexibility index (Phi) is 7.71. The molecule has 3 heterocycles. The monoisotopic (exact) mass is 612 g/mol. The van der Waals surface area contributed by atoms with Crippen LogP contribution in [-0.4, -0.2) is 39.4 Å². The normalized spacial score (nSPS) is 11.2. The van der Waals surface area contributed by atoms with Crippen LogP contribution in [0.5, 0.6) is 0 Å². The standard InChI is InChI=1S/C36H29ClN6O2/c1-45-36(44)25-8-11-29-31-21-38-14-13-30(31)35(41-34(29)19-25)39-15-16-43-22-26-18-27(9-12-33(26)42-43)40-20-23-7-10-28(32(37)17-23)24-5-3-2-4-6-24/h2-14,17-19,21-22,40H,15-16,20H2,1H3,(H,39,41). The third kappa shape index (κ3) is 5.88. The molecule has 0 aliphatic carbocycles. The van der Waals surface area contributed by atoms with E-state index in [9.17, 15) is 4.79 Å². The van der Waals surface area contributed by atoms with E-state index < -0.39 is 5.97 Å². The number of rotatable bonds is 9. The number of esters is 1. The number of benzene rings is 4. The van der Waals surface area contributed by atoms with E-state index in [1.807, 2.05) is 65.6 Å². The van der Waals surface area contributed by atoms with Gasteiger partial charge in [0.05, 0.1) is 30.3 Å². The largest absolute Gasteiger partial charge is 0.465 e. The zero-order valence-corrected chi connectivity index (χ0v) is 25.3. The van der Waals surface area contributed by atoms with Crippen molar-refractivity contribution in [3.63, 3.8) is 0 Å². The lowest BCUT2D eigenvalue weighted by atomic mass is 10.0. The number of nitrogens with zero attached hydrogens (tertiary/aromatic N) is 4. The summed E-state index contributed by atoms with van der Waals surface area (Å²) in [5.74, 6) is 0.326. The van der Waals surface area contributed by atoms with E-state index in [4.69, 9.17) is 26.4 Å². The van der Waals surface area contributed by atoms with Crippen LogP contribution in [0.25, 0.3) is 43.7 Å². The van der Waals surface area contributed by atoms with Crippen molar-refractivity contribution in [1.82, 2.24) is 19.7 Å². The summed E-state index contributed by atoms with van der Waals surface area (Å²) in [7, 11) is 1.37. The summed E-state index contributed by atoms with van der Waals surface area (Å²) in [6, 6.07) is 29.9. The molecule has 9 heteroatoms. The molecule has 222 valence electrons. The molecule has 0 atom stereocenters. The number of pyridine rings is 2. The van der Waals surface area contributed by atoms with Gasteiger partial charge in [0, 0.05) is 69.5 Å². The molecule has 0 radical (unpaired) electrons. The van der Waals surface area contributed by atoms with E-state index in [0.717, 1.165) is 60.3 Å². The van der Waals surface area contributed by atoms with Crippen LogP contribution in [0.1, 0.15) is 15.9 Å². The molecule has 7 rings (SSSR count). The Morgan fingerprint density at radius 3 is 2.62 bits per heavy atom. The van der Waals surface area contributed by atoms with Gasteiger partial charge in [-0.3, -0.25) is 9.67 Å². The summed E-state index contributed by atoms with van der Waals surface area (Å²) < 4.78 is 6.83. The molecule has 4 aromatic carbocycles. The Bertz CT molecular complexity index is 2180. The lowest BCUT2D eigenvalue weighted by Crippen LogP contribution is -2.12. The van der Waals surface area contributed by atoms with Crippen LogP contribution < -0.4 is 10.6 Å². The molecule has 0 aliphatic rings. The predicted octanol–water partition coefficient (Wildman–Crippen LogP) is 7.96.